The number of benzene rings is 1. The van der Waals surface area contributed by atoms with E-state index in [1.807, 2.05) is 19.1 Å². The molecule has 2 heteroatoms. The predicted octanol–water partition coefficient (Wildman–Crippen LogP) is 3.15. The van der Waals surface area contributed by atoms with Gasteiger partial charge in [-0.1, -0.05) is 25.0 Å². The summed E-state index contributed by atoms with van der Waals surface area (Å²) in [5, 5.41) is 3.33. The van der Waals surface area contributed by atoms with E-state index >= 15 is 0 Å². The average molecular weight is 231 g/mol. The Morgan fingerprint density at radius 2 is 1.94 bits per heavy atom. The topological polar surface area (TPSA) is 21.3 Å². The van der Waals surface area contributed by atoms with Crippen LogP contribution in [0.3, 0.4) is 0 Å². The van der Waals surface area contributed by atoms with E-state index in [1.165, 1.54) is 5.56 Å². The molecule has 0 bridgehead atoms. The molecule has 2 unspecified atom stereocenters. The van der Waals surface area contributed by atoms with E-state index in [1.54, 1.807) is 0 Å². The fourth-order valence-electron chi connectivity index (χ4n) is 1.59. The Bertz CT molecular complexity index is 364. The summed E-state index contributed by atoms with van der Waals surface area (Å²) in [5.74, 6) is 3.59. The first-order valence-electron chi connectivity index (χ1n) is 6.12. The summed E-state index contributed by atoms with van der Waals surface area (Å²) < 4.78 is 5.54. The number of rotatable bonds is 6. The monoisotopic (exact) mass is 231 g/mol. The zero-order valence-corrected chi connectivity index (χ0v) is 10.9. The van der Waals surface area contributed by atoms with Gasteiger partial charge in [0.25, 0.3) is 0 Å². The first kappa shape index (κ1) is 13.6. The van der Waals surface area contributed by atoms with Crippen LogP contribution in [0.4, 0.5) is 0 Å². The van der Waals surface area contributed by atoms with Crippen molar-refractivity contribution >= 4 is 0 Å². The smallest absolute Gasteiger partial charge is 0.119 e. The summed E-state index contributed by atoms with van der Waals surface area (Å²) in [5.41, 5.74) is 1.22. The maximum absolute atomic E-state index is 5.54. The minimum absolute atomic E-state index is 0.0843. The summed E-state index contributed by atoms with van der Waals surface area (Å²) >= 11 is 0. The van der Waals surface area contributed by atoms with E-state index in [9.17, 15) is 0 Å². The van der Waals surface area contributed by atoms with Gasteiger partial charge in [-0.15, -0.1) is 6.42 Å². The van der Waals surface area contributed by atoms with E-state index in [4.69, 9.17) is 11.2 Å². The SMILES string of the molecule is C#CC(C)NC(C)c1ccc(OCCC)cc1. The zero-order valence-electron chi connectivity index (χ0n) is 10.9. The quantitative estimate of drug-likeness (QED) is 0.759. The van der Waals surface area contributed by atoms with Gasteiger partial charge in [-0.25, -0.2) is 0 Å². The van der Waals surface area contributed by atoms with Gasteiger partial charge in [0, 0.05) is 6.04 Å². The molecular weight excluding hydrogens is 210 g/mol. The maximum atomic E-state index is 5.54. The van der Waals surface area contributed by atoms with Gasteiger partial charge in [0.15, 0.2) is 0 Å². The molecule has 0 saturated heterocycles. The third-order valence-electron chi connectivity index (χ3n) is 2.60. The Labute approximate surface area is 104 Å². The molecule has 1 N–H and O–H groups in total. The fourth-order valence-corrected chi connectivity index (χ4v) is 1.59. The van der Waals surface area contributed by atoms with Crippen LogP contribution < -0.4 is 10.1 Å². The standard InChI is InChI=1S/C15H21NO/c1-5-11-17-15-9-7-14(8-10-15)13(4)16-12(3)6-2/h2,7-10,12-13,16H,5,11H2,1,3-4H3. The fraction of sp³-hybridized carbons (Fsp3) is 0.467. The van der Waals surface area contributed by atoms with Crippen LogP contribution in [-0.4, -0.2) is 12.6 Å². The lowest BCUT2D eigenvalue weighted by Gasteiger charge is -2.17. The first-order valence-corrected chi connectivity index (χ1v) is 6.12. The van der Waals surface area contributed by atoms with Crippen molar-refractivity contribution in [1.82, 2.24) is 5.32 Å². The van der Waals surface area contributed by atoms with Gasteiger partial charge >= 0.3 is 0 Å². The third kappa shape index (κ3) is 4.50. The molecule has 1 rings (SSSR count). The van der Waals surface area contributed by atoms with Crippen molar-refractivity contribution in [2.75, 3.05) is 6.61 Å². The van der Waals surface area contributed by atoms with Crippen molar-refractivity contribution in [1.29, 1.82) is 0 Å². The minimum atomic E-state index is 0.0843. The van der Waals surface area contributed by atoms with Crippen molar-refractivity contribution < 1.29 is 4.74 Å². The highest BCUT2D eigenvalue weighted by molar-refractivity contribution is 5.29. The largest absolute Gasteiger partial charge is 0.494 e. The summed E-state index contributed by atoms with van der Waals surface area (Å²) in [7, 11) is 0. The van der Waals surface area contributed by atoms with Gasteiger partial charge in [-0.3, -0.25) is 5.32 Å². The Kier molecular flexibility index (Phi) is 5.59. The molecule has 0 aromatic heterocycles. The highest BCUT2D eigenvalue weighted by atomic mass is 16.5. The maximum Gasteiger partial charge on any atom is 0.119 e. The van der Waals surface area contributed by atoms with Gasteiger partial charge in [-0.2, -0.15) is 0 Å². The van der Waals surface area contributed by atoms with Crippen LogP contribution in [0, 0.1) is 12.3 Å². The van der Waals surface area contributed by atoms with Crippen molar-refractivity contribution in [3.05, 3.63) is 29.8 Å². The summed E-state index contributed by atoms with van der Waals surface area (Å²) in [6.45, 7) is 6.95. The van der Waals surface area contributed by atoms with E-state index in [2.05, 4.69) is 37.2 Å². The Hall–Kier alpha value is -1.46. The zero-order chi connectivity index (χ0) is 12.7. The Morgan fingerprint density at radius 1 is 1.29 bits per heavy atom. The lowest BCUT2D eigenvalue weighted by molar-refractivity contribution is 0.317. The number of terminal acetylenes is 1. The number of nitrogens with one attached hydrogen (secondary N) is 1. The molecule has 0 heterocycles. The van der Waals surface area contributed by atoms with Crippen LogP contribution in [0.2, 0.25) is 0 Å². The second-order valence-electron chi connectivity index (χ2n) is 4.19. The van der Waals surface area contributed by atoms with Crippen LogP contribution in [0.15, 0.2) is 24.3 Å². The van der Waals surface area contributed by atoms with Crippen LogP contribution in [0.25, 0.3) is 0 Å². The molecule has 0 spiro atoms. The molecule has 92 valence electrons. The lowest BCUT2D eigenvalue weighted by Crippen LogP contribution is -2.27. The predicted molar refractivity (Wildman–Crippen MR) is 72.1 cm³/mol. The van der Waals surface area contributed by atoms with E-state index in [-0.39, 0.29) is 12.1 Å². The van der Waals surface area contributed by atoms with Gasteiger partial charge in [0.1, 0.15) is 5.75 Å². The number of hydrogen-bond acceptors (Lipinski definition) is 2. The van der Waals surface area contributed by atoms with Crippen LogP contribution >= 0.6 is 0 Å². The molecule has 0 aliphatic rings. The summed E-state index contributed by atoms with van der Waals surface area (Å²) in [6.07, 6.45) is 6.37. The molecule has 17 heavy (non-hydrogen) atoms. The van der Waals surface area contributed by atoms with Crippen LogP contribution in [-0.2, 0) is 0 Å². The summed E-state index contributed by atoms with van der Waals surface area (Å²) in [4.78, 5) is 0. The first-order chi connectivity index (χ1) is 8.17. The van der Waals surface area contributed by atoms with Gasteiger partial charge in [-0.05, 0) is 38.0 Å². The van der Waals surface area contributed by atoms with E-state index in [0.29, 0.717) is 0 Å². The second-order valence-corrected chi connectivity index (χ2v) is 4.19. The second kappa shape index (κ2) is 6.98. The highest BCUT2D eigenvalue weighted by Crippen LogP contribution is 2.18. The van der Waals surface area contributed by atoms with Crippen molar-refractivity contribution in [2.24, 2.45) is 0 Å². The molecule has 2 nitrogen and oxygen atoms in total. The van der Waals surface area contributed by atoms with Crippen molar-refractivity contribution in [3.63, 3.8) is 0 Å². The Balaban J connectivity index is 2.58. The molecule has 0 aliphatic carbocycles. The van der Waals surface area contributed by atoms with Gasteiger partial charge < -0.3 is 4.74 Å². The van der Waals surface area contributed by atoms with Crippen molar-refractivity contribution in [3.8, 4) is 18.1 Å². The third-order valence-corrected chi connectivity index (χ3v) is 2.60. The Morgan fingerprint density at radius 3 is 2.47 bits per heavy atom. The summed E-state index contributed by atoms with van der Waals surface area (Å²) in [6, 6.07) is 8.49. The van der Waals surface area contributed by atoms with E-state index < -0.39 is 0 Å². The molecule has 1 aromatic rings. The van der Waals surface area contributed by atoms with Crippen LogP contribution in [0.1, 0.15) is 38.8 Å². The van der Waals surface area contributed by atoms with Crippen LogP contribution in [0.5, 0.6) is 5.75 Å². The van der Waals surface area contributed by atoms with Crippen molar-refractivity contribution in [2.45, 2.75) is 39.3 Å². The lowest BCUT2D eigenvalue weighted by atomic mass is 10.1. The van der Waals surface area contributed by atoms with Gasteiger partial charge in [0.2, 0.25) is 0 Å². The molecular formula is C15H21NO. The minimum Gasteiger partial charge on any atom is -0.494 e. The normalized spacial score (nSPS) is 13.8. The number of hydrogen-bond donors (Lipinski definition) is 1. The molecule has 0 saturated carbocycles. The molecule has 0 fully saturated rings. The molecule has 0 aliphatic heterocycles. The molecule has 1 aromatic carbocycles. The molecule has 0 radical (unpaired) electrons. The molecule has 0 amide bonds. The van der Waals surface area contributed by atoms with E-state index in [0.717, 1.165) is 18.8 Å². The highest BCUT2D eigenvalue weighted by Gasteiger charge is 2.07. The number of ether oxygens (including phenoxy) is 1. The van der Waals surface area contributed by atoms with Gasteiger partial charge in [0.05, 0.1) is 12.6 Å². The molecule has 2 atom stereocenters. The average Bonchev–Trinajstić information content (AvgIpc) is 2.36.